The Morgan fingerprint density at radius 2 is 2.19 bits per heavy atom. The lowest BCUT2D eigenvalue weighted by atomic mass is 10.00. The van der Waals surface area contributed by atoms with Crippen LogP contribution < -0.4 is 0 Å². The largest absolute Gasteiger partial charge is 0.333 e. The molecular weight excluding hydrogens is 348 g/mol. The van der Waals surface area contributed by atoms with E-state index in [2.05, 4.69) is 32.0 Å². The third-order valence-electron chi connectivity index (χ3n) is 4.64. The van der Waals surface area contributed by atoms with Crippen molar-refractivity contribution in [1.29, 1.82) is 0 Å². The Morgan fingerprint density at radius 3 is 3.00 bits per heavy atom. The van der Waals surface area contributed by atoms with Crippen LogP contribution in [0.4, 0.5) is 0 Å². The summed E-state index contributed by atoms with van der Waals surface area (Å²) in [5.41, 5.74) is 2.16. The zero-order valence-corrected chi connectivity index (χ0v) is 15.2. The van der Waals surface area contributed by atoms with Crippen molar-refractivity contribution in [2.75, 3.05) is 0 Å². The lowest BCUT2D eigenvalue weighted by Crippen LogP contribution is -2.35. The van der Waals surface area contributed by atoms with E-state index < -0.39 is 0 Å². The summed E-state index contributed by atoms with van der Waals surface area (Å²) in [4.78, 5) is 19.5. The molecule has 3 aromatic rings. The molecule has 0 N–H and O–H groups in total. The fourth-order valence-electron chi connectivity index (χ4n) is 3.34. The number of pyridine rings is 1. The number of carbonyl (C=O) groups excluding carboxylic acids is 1. The Bertz CT molecular complexity index is 848. The average molecular weight is 368 g/mol. The SMILES string of the molecule is O=C([C@H]1CCCCn2nnnc21)N(Cc1cccnc1)Cc1ccsc1. The molecule has 0 aliphatic carbocycles. The summed E-state index contributed by atoms with van der Waals surface area (Å²) in [7, 11) is 0. The monoisotopic (exact) mass is 368 g/mol. The molecule has 1 amide bonds. The van der Waals surface area contributed by atoms with E-state index in [4.69, 9.17) is 0 Å². The number of hydrogen-bond acceptors (Lipinski definition) is 6. The van der Waals surface area contributed by atoms with Gasteiger partial charge in [0.15, 0.2) is 5.82 Å². The number of carbonyl (C=O) groups is 1. The van der Waals surface area contributed by atoms with Crippen LogP contribution in [0.1, 0.15) is 42.1 Å². The molecular formula is C18H20N6OS. The van der Waals surface area contributed by atoms with Gasteiger partial charge in [0.05, 0.1) is 5.92 Å². The Morgan fingerprint density at radius 1 is 1.27 bits per heavy atom. The zero-order chi connectivity index (χ0) is 17.8. The molecule has 1 aliphatic heterocycles. The van der Waals surface area contributed by atoms with Crippen molar-refractivity contribution in [3.05, 3.63) is 58.3 Å². The van der Waals surface area contributed by atoms with E-state index in [0.717, 1.165) is 36.9 Å². The van der Waals surface area contributed by atoms with Gasteiger partial charge < -0.3 is 4.90 Å². The highest BCUT2D eigenvalue weighted by molar-refractivity contribution is 7.07. The number of amides is 1. The minimum absolute atomic E-state index is 0.0815. The number of tetrazole rings is 1. The van der Waals surface area contributed by atoms with Gasteiger partial charge in [-0.25, -0.2) is 4.68 Å². The van der Waals surface area contributed by atoms with Crippen LogP contribution in [-0.2, 0) is 24.4 Å². The third-order valence-corrected chi connectivity index (χ3v) is 5.38. The second-order valence-electron chi connectivity index (χ2n) is 6.50. The van der Waals surface area contributed by atoms with E-state index in [0.29, 0.717) is 18.9 Å². The quantitative estimate of drug-likeness (QED) is 0.692. The van der Waals surface area contributed by atoms with E-state index in [-0.39, 0.29) is 11.8 Å². The first-order chi connectivity index (χ1) is 12.8. The topological polar surface area (TPSA) is 76.8 Å². The van der Waals surface area contributed by atoms with Gasteiger partial charge in [-0.2, -0.15) is 11.3 Å². The number of hydrogen-bond donors (Lipinski definition) is 0. The zero-order valence-electron chi connectivity index (χ0n) is 14.4. The van der Waals surface area contributed by atoms with E-state index in [1.807, 2.05) is 28.6 Å². The highest BCUT2D eigenvalue weighted by Crippen LogP contribution is 2.27. The van der Waals surface area contributed by atoms with Crippen molar-refractivity contribution in [2.24, 2.45) is 0 Å². The van der Waals surface area contributed by atoms with Gasteiger partial charge in [-0.15, -0.1) is 5.10 Å². The Kier molecular flexibility index (Phi) is 5.01. The first kappa shape index (κ1) is 16.8. The molecule has 7 nitrogen and oxygen atoms in total. The summed E-state index contributed by atoms with van der Waals surface area (Å²) >= 11 is 1.64. The molecule has 8 heteroatoms. The third kappa shape index (κ3) is 3.65. The van der Waals surface area contributed by atoms with Gasteiger partial charge in [-0.3, -0.25) is 9.78 Å². The molecule has 0 saturated heterocycles. The molecule has 0 saturated carbocycles. The molecule has 0 radical (unpaired) electrons. The van der Waals surface area contributed by atoms with Gasteiger partial charge in [0, 0.05) is 32.0 Å². The number of aryl methyl sites for hydroxylation is 1. The minimum atomic E-state index is -0.289. The second kappa shape index (κ2) is 7.74. The van der Waals surface area contributed by atoms with Gasteiger partial charge in [0.2, 0.25) is 5.91 Å². The van der Waals surface area contributed by atoms with Gasteiger partial charge in [-0.1, -0.05) is 12.5 Å². The number of aromatic nitrogens is 5. The second-order valence-corrected chi connectivity index (χ2v) is 7.28. The molecule has 3 aromatic heterocycles. The summed E-state index contributed by atoms with van der Waals surface area (Å²) in [5, 5.41) is 16.1. The van der Waals surface area contributed by atoms with Crippen LogP contribution in [0, 0.1) is 0 Å². The summed E-state index contributed by atoms with van der Waals surface area (Å²) in [6, 6.07) is 5.96. The van der Waals surface area contributed by atoms with E-state index >= 15 is 0 Å². The predicted molar refractivity (Wildman–Crippen MR) is 97.2 cm³/mol. The number of nitrogens with zero attached hydrogens (tertiary/aromatic N) is 6. The number of fused-ring (bicyclic) bond motifs is 1. The van der Waals surface area contributed by atoms with Crippen LogP contribution in [-0.4, -0.2) is 36.0 Å². The van der Waals surface area contributed by atoms with Crippen LogP contribution in [0.3, 0.4) is 0 Å². The first-order valence-corrected chi connectivity index (χ1v) is 9.70. The number of rotatable bonds is 5. The molecule has 0 unspecified atom stereocenters. The summed E-state index contributed by atoms with van der Waals surface area (Å²) in [6.45, 7) is 1.88. The van der Waals surface area contributed by atoms with E-state index in [1.165, 1.54) is 0 Å². The first-order valence-electron chi connectivity index (χ1n) is 8.76. The molecule has 0 bridgehead atoms. The highest BCUT2D eigenvalue weighted by atomic mass is 32.1. The maximum absolute atomic E-state index is 13.4. The average Bonchev–Trinajstić information content (AvgIpc) is 3.30. The maximum Gasteiger partial charge on any atom is 0.234 e. The van der Waals surface area contributed by atoms with Crippen molar-refractivity contribution in [1.82, 2.24) is 30.1 Å². The predicted octanol–water partition coefficient (Wildman–Crippen LogP) is 2.63. The molecule has 0 spiro atoms. The van der Waals surface area contributed by atoms with Gasteiger partial charge in [0.1, 0.15) is 0 Å². The summed E-state index contributed by atoms with van der Waals surface area (Å²) in [5.74, 6) is 0.481. The van der Waals surface area contributed by atoms with E-state index in [1.54, 1.807) is 22.2 Å². The van der Waals surface area contributed by atoms with Crippen molar-refractivity contribution in [2.45, 2.75) is 44.8 Å². The molecule has 1 atom stereocenters. The smallest absolute Gasteiger partial charge is 0.234 e. The number of thiophene rings is 1. The Labute approximate surface area is 155 Å². The summed E-state index contributed by atoms with van der Waals surface area (Å²) < 4.78 is 1.78. The van der Waals surface area contributed by atoms with Crippen LogP contribution in [0.15, 0.2) is 41.4 Å². The standard InChI is InChI=1S/C18H20N6OS/c25-18(16-5-1-2-8-24-17(16)20-21-22-24)23(12-15-6-9-26-13-15)11-14-4-3-7-19-10-14/h3-4,6-7,9-10,13,16H,1-2,5,8,11-12H2/t16-/m0/s1. The van der Waals surface area contributed by atoms with Gasteiger partial charge in [-0.05, 0) is 57.3 Å². The Balaban J connectivity index is 1.61. The maximum atomic E-state index is 13.4. The normalized spacial score (nSPS) is 16.7. The lowest BCUT2D eigenvalue weighted by Gasteiger charge is -2.26. The van der Waals surface area contributed by atoms with Gasteiger partial charge >= 0.3 is 0 Å². The molecule has 0 aromatic carbocycles. The molecule has 4 rings (SSSR count). The van der Waals surface area contributed by atoms with Crippen molar-refractivity contribution < 1.29 is 4.79 Å². The molecule has 134 valence electrons. The molecule has 4 heterocycles. The van der Waals surface area contributed by atoms with Crippen LogP contribution in [0.25, 0.3) is 0 Å². The summed E-state index contributed by atoms with van der Waals surface area (Å²) in [6.07, 6.45) is 6.32. The van der Waals surface area contributed by atoms with Crippen molar-refractivity contribution in [3.8, 4) is 0 Å². The lowest BCUT2D eigenvalue weighted by molar-refractivity contribution is -0.134. The van der Waals surface area contributed by atoms with Crippen LogP contribution in [0.5, 0.6) is 0 Å². The van der Waals surface area contributed by atoms with Crippen LogP contribution in [0.2, 0.25) is 0 Å². The highest BCUT2D eigenvalue weighted by Gasteiger charge is 2.32. The fourth-order valence-corrected chi connectivity index (χ4v) is 4.00. The van der Waals surface area contributed by atoms with Crippen molar-refractivity contribution in [3.63, 3.8) is 0 Å². The van der Waals surface area contributed by atoms with Gasteiger partial charge in [0.25, 0.3) is 0 Å². The molecule has 0 fully saturated rings. The van der Waals surface area contributed by atoms with Crippen molar-refractivity contribution >= 4 is 17.2 Å². The minimum Gasteiger partial charge on any atom is -0.333 e. The van der Waals surface area contributed by atoms with Crippen LogP contribution >= 0.6 is 11.3 Å². The molecule has 1 aliphatic rings. The fraction of sp³-hybridized carbons (Fsp3) is 0.389. The Hall–Kier alpha value is -2.61. The molecule has 26 heavy (non-hydrogen) atoms. The van der Waals surface area contributed by atoms with E-state index in [9.17, 15) is 4.79 Å².